The molecule has 1 aliphatic heterocycles. The highest BCUT2D eigenvalue weighted by atomic mass is 79.9. The minimum atomic E-state index is -4.07. The number of nitrogens with zero attached hydrogens (tertiary/aromatic N) is 1. The van der Waals surface area contributed by atoms with Crippen LogP contribution in [0, 0.1) is 6.92 Å². The first-order chi connectivity index (χ1) is 20.0. The van der Waals surface area contributed by atoms with Crippen molar-refractivity contribution in [1.29, 1.82) is 0 Å². The van der Waals surface area contributed by atoms with Gasteiger partial charge in [0.1, 0.15) is 5.25 Å². The fourth-order valence-corrected chi connectivity index (χ4v) is 7.39. The van der Waals surface area contributed by atoms with Gasteiger partial charge in [-0.05, 0) is 70.9 Å². The number of esters is 2. The first-order valence-corrected chi connectivity index (χ1v) is 15.9. The number of carbonyl (C=O) groups excluding carboxylic acids is 2. The van der Waals surface area contributed by atoms with Crippen LogP contribution in [-0.2, 0) is 35.3 Å². The number of hydrogen-bond acceptors (Lipinski definition) is 9. The maximum atomic E-state index is 14.3. The number of allylic oxidation sites excluding steroid dienone is 2. The van der Waals surface area contributed by atoms with E-state index in [1.165, 1.54) is 12.1 Å². The van der Waals surface area contributed by atoms with E-state index in [9.17, 15) is 18.0 Å². The molecule has 0 spiro atoms. The van der Waals surface area contributed by atoms with Gasteiger partial charge in [0.15, 0.2) is 15.6 Å². The van der Waals surface area contributed by atoms with E-state index < -0.39 is 32.9 Å². The van der Waals surface area contributed by atoms with Gasteiger partial charge in [-0.15, -0.1) is 0 Å². The zero-order valence-electron chi connectivity index (χ0n) is 24.1. The Labute approximate surface area is 254 Å². The van der Waals surface area contributed by atoms with Crippen LogP contribution in [0.15, 0.2) is 91.0 Å². The predicted octanol–water partition coefficient (Wildman–Crippen LogP) is 5.86. The number of nitrogens with one attached hydrogen (secondary N) is 1. The van der Waals surface area contributed by atoms with Crippen LogP contribution in [0.2, 0.25) is 0 Å². The number of ether oxygens (including phenoxy) is 2. The van der Waals surface area contributed by atoms with E-state index in [-0.39, 0.29) is 41.4 Å². The first kappa shape index (κ1) is 31.2. The van der Waals surface area contributed by atoms with Gasteiger partial charge in [0.2, 0.25) is 0 Å². The van der Waals surface area contributed by atoms with Crippen LogP contribution in [0.1, 0.15) is 61.4 Å². The third kappa shape index (κ3) is 6.22. The second-order valence-electron chi connectivity index (χ2n) is 9.80. The van der Waals surface area contributed by atoms with Crippen molar-refractivity contribution in [2.45, 2.75) is 57.1 Å². The summed E-state index contributed by atoms with van der Waals surface area (Å²) in [5.74, 6) is -2.32. The van der Waals surface area contributed by atoms with Gasteiger partial charge in [0, 0.05) is 21.4 Å². The standard InChI is InChI=1S/C31H33BrN2O7S/c1-6-39-30(35)26-18(3)33-19(4)27(31(36)40-7-2)28(26)25-20(5)34-41-29(25)24(17-21-12-11-13-22(32)16-21)42(37,38)23-14-9-8-10-15-23/h8-16,24,28,33H,6-7,17H2,1-5H3. The molecule has 1 aromatic heterocycles. The predicted molar refractivity (Wildman–Crippen MR) is 160 cm³/mol. The van der Waals surface area contributed by atoms with Crippen molar-refractivity contribution in [2.24, 2.45) is 0 Å². The van der Waals surface area contributed by atoms with Crippen LogP contribution in [0.25, 0.3) is 0 Å². The molecule has 0 aliphatic carbocycles. The quantitative estimate of drug-likeness (QED) is 0.267. The lowest BCUT2D eigenvalue weighted by atomic mass is 9.79. The zero-order valence-corrected chi connectivity index (χ0v) is 26.5. The summed E-state index contributed by atoms with van der Waals surface area (Å²) in [5, 5.41) is 6.05. The molecule has 42 heavy (non-hydrogen) atoms. The molecule has 1 atom stereocenters. The molecule has 2 heterocycles. The minimum absolute atomic E-state index is 0.0347. The SMILES string of the molecule is CCOC(=O)C1=C(C)NC(C)=C(C(=O)OCC)C1c1c(C)noc1C(Cc1cccc(Br)c1)S(=O)(=O)c1ccccc1. The maximum Gasteiger partial charge on any atom is 0.336 e. The molecular formula is C31H33BrN2O7S. The molecule has 2 aromatic carbocycles. The van der Waals surface area contributed by atoms with Crippen molar-refractivity contribution in [3.05, 3.63) is 104 Å². The smallest absolute Gasteiger partial charge is 0.336 e. The van der Waals surface area contributed by atoms with Crippen molar-refractivity contribution in [2.75, 3.05) is 13.2 Å². The minimum Gasteiger partial charge on any atom is -0.463 e. The number of aryl methyl sites for hydroxylation is 1. The van der Waals surface area contributed by atoms with Gasteiger partial charge in [-0.25, -0.2) is 18.0 Å². The summed E-state index contributed by atoms with van der Waals surface area (Å²) in [6.07, 6.45) is 0.0398. The summed E-state index contributed by atoms with van der Waals surface area (Å²) < 4.78 is 46.1. The fourth-order valence-electron chi connectivity index (χ4n) is 5.21. The summed E-state index contributed by atoms with van der Waals surface area (Å²) in [6, 6.07) is 15.4. The molecule has 9 nitrogen and oxygen atoms in total. The Balaban J connectivity index is 2.01. The summed E-state index contributed by atoms with van der Waals surface area (Å²) >= 11 is 3.47. The number of benzene rings is 2. The third-order valence-electron chi connectivity index (χ3n) is 7.02. The van der Waals surface area contributed by atoms with E-state index in [1.54, 1.807) is 52.8 Å². The summed E-state index contributed by atoms with van der Waals surface area (Å²) in [7, 11) is -4.07. The molecule has 1 unspecified atom stereocenters. The maximum absolute atomic E-state index is 14.3. The Morgan fingerprint density at radius 1 is 0.952 bits per heavy atom. The van der Waals surface area contributed by atoms with Crippen molar-refractivity contribution < 1.29 is 32.0 Å². The number of carbonyl (C=O) groups is 2. The monoisotopic (exact) mass is 656 g/mol. The van der Waals surface area contributed by atoms with Crippen molar-refractivity contribution in [3.63, 3.8) is 0 Å². The van der Waals surface area contributed by atoms with Gasteiger partial charge >= 0.3 is 11.9 Å². The van der Waals surface area contributed by atoms with Gasteiger partial charge < -0.3 is 19.3 Å². The highest BCUT2D eigenvalue weighted by Crippen LogP contribution is 2.46. The number of rotatable bonds is 10. The number of sulfone groups is 1. The molecule has 11 heteroatoms. The van der Waals surface area contributed by atoms with Crippen molar-refractivity contribution in [3.8, 4) is 0 Å². The molecule has 0 saturated heterocycles. The number of hydrogen-bond donors (Lipinski definition) is 1. The second-order valence-corrected chi connectivity index (χ2v) is 12.8. The third-order valence-corrected chi connectivity index (χ3v) is 9.58. The fraction of sp³-hybridized carbons (Fsp3) is 0.323. The highest BCUT2D eigenvalue weighted by Gasteiger charge is 2.44. The summed E-state index contributed by atoms with van der Waals surface area (Å²) in [5.41, 5.74) is 2.60. The van der Waals surface area contributed by atoms with Gasteiger partial charge in [0.05, 0.1) is 40.9 Å². The topological polar surface area (TPSA) is 125 Å². The molecule has 3 aromatic rings. The van der Waals surface area contributed by atoms with Crippen LogP contribution < -0.4 is 5.32 Å². The van der Waals surface area contributed by atoms with E-state index in [0.29, 0.717) is 22.7 Å². The van der Waals surface area contributed by atoms with Gasteiger partial charge in [0.25, 0.3) is 0 Å². The summed E-state index contributed by atoms with van der Waals surface area (Å²) in [4.78, 5) is 26.9. The van der Waals surface area contributed by atoms with Crippen LogP contribution >= 0.6 is 15.9 Å². The van der Waals surface area contributed by atoms with Gasteiger partial charge in [-0.1, -0.05) is 51.4 Å². The first-order valence-electron chi connectivity index (χ1n) is 13.5. The highest BCUT2D eigenvalue weighted by molar-refractivity contribution is 9.10. The molecule has 222 valence electrons. The lowest BCUT2D eigenvalue weighted by molar-refractivity contribution is -0.139. The van der Waals surface area contributed by atoms with E-state index in [0.717, 1.165) is 10.0 Å². The Morgan fingerprint density at radius 2 is 1.55 bits per heavy atom. The van der Waals surface area contributed by atoms with E-state index in [4.69, 9.17) is 14.0 Å². The zero-order chi connectivity index (χ0) is 30.6. The molecule has 4 rings (SSSR count). The lowest BCUT2D eigenvalue weighted by Gasteiger charge is -2.31. The van der Waals surface area contributed by atoms with E-state index >= 15 is 0 Å². The normalized spacial score (nSPS) is 14.9. The lowest BCUT2D eigenvalue weighted by Crippen LogP contribution is -2.33. The molecule has 0 amide bonds. The molecule has 0 radical (unpaired) electrons. The van der Waals surface area contributed by atoms with Crippen LogP contribution in [0.4, 0.5) is 0 Å². The molecule has 1 aliphatic rings. The van der Waals surface area contributed by atoms with Gasteiger partial charge in [-0.2, -0.15) is 0 Å². The van der Waals surface area contributed by atoms with Crippen molar-refractivity contribution in [1.82, 2.24) is 10.5 Å². The van der Waals surface area contributed by atoms with E-state index in [1.807, 2.05) is 24.3 Å². The summed E-state index contributed by atoms with van der Waals surface area (Å²) in [6.45, 7) is 8.63. The Bertz CT molecular complexity index is 1620. The molecule has 0 saturated carbocycles. The number of aromatic nitrogens is 1. The number of dihydropyridines is 1. The van der Waals surface area contributed by atoms with Crippen molar-refractivity contribution >= 4 is 37.7 Å². The van der Waals surface area contributed by atoms with Crippen LogP contribution in [-0.4, -0.2) is 38.7 Å². The molecule has 1 N–H and O–H groups in total. The molecule has 0 fully saturated rings. The van der Waals surface area contributed by atoms with Crippen LogP contribution in [0.3, 0.4) is 0 Å². The van der Waals surface area contributed by atoms with Crippen LogP contribution in [0.5, 0.6) is 0 Å². The Hall–Kier alpha value is -3.70. The Morgan fingerprint density at radius 3 is 2.10 bits per heavy atom. The second kappa shape index (κ2) is 13.1. The molecule has 0 bridgehead atoms. The Kier molecular flexibility index (Phi) is 9.73. The average molecular weight is 658 g/mol. The average Bonchev–Trinajstić information content (AvgIpc) is 3.32. The van der Waals surface area contributed by atoms with E-state index in [2.05, 4.69) is 26.4 Å². The molecular weight excluding hydrogens is 624 g/mol. The number of halogens is 1. The largest absolute Gasteiger partial charge is 0.463 e. The van der Waals surface area contributed by atoms with Gasteiger partial charge in [-0.3, -0.25) is 0 Å².